The molecule has 0 aliphatic rings. The molecular formula is C14H11BrClF2N. The largest absolute Gasteiger partial charge is 0.379 e. The van der Waals surface area contributed by atoms with Gasteiger partial charge in [-0.3, -0.25) is 0 Å². The predicted octanol–water partition coefficient (Wildman–Crippen LogP) is 5.30. The highest BCUT2D eigenvalue weighted by atomic mass is 79.9. The summed E-state index contributed by atoms with van der Waals surface area (Å²) in [5.41, 5.74) is 1.98. The molecule has 0 spiro atoms. The van der Waals surface area contributed by atoms with Crippen LogP contribution in [0.4, 0.5) is 14.5 Å². The van der Waals surface area contributed by atoms with Gasteiger partial charge in [0.05, 0.1) is 10.7 Å². The number of anilines is 1. The third-order valence-electron chi connectivity index (χ3n) is 2.71. The first kappa shape index (κ1) is 14.3. The minimum absolute atomic E-state index is 0.247. The van der Waals surface area contributed by atoms with E-state index in [1.165, 1.54) is 18.2 Å². The van der Waals surface area contributed by atoms with E-state index >= 15 is 0 Å². The van der Waals surface area contributed by atoms with E-state index in [0.29, 0.717) is 22.3 Å². The normalized spacial score (nSPS) is 10.6. The lowest BCUT2D eigenvalue weighted by atomic mass is 10.1. The van der Waals surface area contributed by atoms with Crippen molar-refractivity contribution in [1.29, 1.82) is 0 Å². The third kappa shape index (κ3) is 3.45. The molecule has 2 rings (SSSR count). The first-order valence-corrected chi connectivity index (χ1v) is 6.78. The summed E-state index contributed by atoms with van der Waals surface area (Å²) < 4.78 is 27.0. The molecule has 0 aliphatic heterocycles. The van der Waals surface area contributed by atoms with Gasteiger partial charge in [0.25, 0.3) is 0 Å². The van der Waals surface area contributed by atoms with Crippen LogP contribution < -0.4 is 5.32 Å². The molecule has 100 valence electrons. The van der Waals surface area contributed by atoms with Crippen LogP contribution in [0.15, 0.2) is 34.8 Å². The van der Waals surface area contributed by atoms with E-state index in [9.17, 15) is 8.78 Å². The van der Waals surface area contributed by atoms with E-state index in [4.69, 9.17) is 11.6 Å². The van der Waals surface area contributed by atoms with E-state index in [1.54, 1.807) is 13.0 Å². The Morgan fingerprint density at radius 2 is 1.95 bits per heavy atom. The summed E-state index contributed by atoms with van der Waals surface area (Å²) >= 11 is 9.19. The number of hydrogen-bond donors (Lipinski definition) is 1. The number of nitrogens with one attached hydrogen (secondary N) is 1. The van der Waals surface area contributed by atoms with Crippen LogP contribution in [0.3, 0.4) is 0 Å². The van der Waals surface area contributed by atoms with Crippen molar-refractivity contribution in [3.63, 3.8) is 0 Å². The molecule has 0 bridgehead atoms. The minimum Gasteiger partial charge on any atom is -0.379 e. The van der Waals surface area contributed by atoms with Crippen molar-refractivity contribution in [3.8, 4) is 0 Å². The highest BCUT2D eigenvalue weighted by Crippen LogP contribution is 2.32. The van der Waals surface area contributed by atoms with Gasteiger partial charge in [0.1, 0.15) is 11.6 Å². The molecule has 0 amide bonds. The summed E-state index contributed by atoms with van der Waals surface area (Å²) in [4.78, 5) is 0. The maximum atomic E-state index is 13.4. The number of aryl methyl sites for hydroxylation is 1. The fraction of sp³-hybridized carbons (Fsp3) is 0.143. The quantitative estimate of drug-likeness (QED) is 0.795. The molecule has 0 aliphatic carbocycles. The number of rotatable bonds is 3. The lowest BCUT2D eigenvalue weighted by molar-refractivity contribution is 0.616. The zero-order valence-corrected chi connectivity index (χ0v) is 12.4. The van der Waals surface area contributed by atoms with Crippen molar-refractivity contribution in [1.82, 2.24) is 0 Å². The second kappa shape index (κ2) is 5.88. The van der Waals surface area contributed by atoms with Gasteiger partial charge < -0.3 is 5.32 Å². The molecule has 0 unspecified atom stereocenters. The first-order valence-electron chi connectivity index (χ1n) is 5.61. The van der Waals surface area contributed by atoms with Crippen molar-refractivity contribution in [2.24, 2.45) is 0 Å². The molecule has 0 saturated carbocycles. The Bertz CT molecular complexity index is 593. The summed E-state index contributed by atoms with van der Waals surface area (Å²) in [5, 5.41) is 3.34. The molecule has 0 heterocycles. The Kier molecular flexibility index (Phi) is 4.42. The van der Waals surface area contributed by atoms with Gasteiger partial charge in [-0.15, -0.1) is 0 Å². The van der Waals surface area contributed by atoms with E-state index in [0.717, 1.165) is 5.56 Å². The van der Waals surface area contributed by atoms with Gasteiger partial charge in [-0.2, -0.15) is 0 Å². The molecule has 0 radical (unpaired) electrons. The van der Waals surface area contributed by atoms with E-state index < -0.39 is 5.82 Å². The molecule has 2 aromatic rings. The summed E-state index contributed by atoms with van der Waals surface area (Å²) in [5.74, 6) is -0.660. The molecular weight excluding hydrogens is 336 g/mol. The number of hydrogen-bond acceptors (Lipinski definition) is 1. The molecule has 2 aromatic carbocycles. The number of halogens is 4. The molecule has 0 saturated heterocycles. The predicted molar refractivity (Wildman–Crippen MR) is 77.6 cm³/mol. The van der Waals surface area contributed by atoms with Gasteiger partial charge in [0.2, 0.25) is 0 Å². The topological polar surface area (TPSA) is 12.0 Å². The van der Waals surface area contributed by atoms with Gasteiger partial charge in [-0.25, -0.2) is 8.78 Å². The van der Waals surface area contributed by atoms with Crippen molar-refractivity contribution in [3.05, 3.63) is 62.6 Å². The second-order valence-electron chi connectivity index (χ2n) is 4.18. The standard InChI is InChI=1S/C14H11BrClF2N/c1-8-2-3-9(4-13(8)18)7-19-14-11(15)5-10(17)6-12(14)16/h2-6,19H,7H2,1H3. The van der Waals surface area contributed by atoms with Crippen LogP contribution in [0.5, 0.6) is 0 Å². The Hall–Kier alpha value is -1.13. The van der Waals surface area contributed by atoms with Gasteiger partial charge in [-0.1, -0.05) is 23.7 Å². The fourth-order valence-electron chi connectivity index (χ4n) is 1.65. The average Bonchev–Trinajstić information content (AvgIpc) is 2.32. The van der Waals surface area contributed by atoms with Gasteiger partial charge >= 0.3 is 0 Å². The summed E-state index contributed by atoms with van der Waals surface area (Å²) in [6.45, 7) is 2.11. The van der Waals surface area contributed by atoms with Crippen LogP contribution in [0.1, 0.15) is 11.1 Å². The molecule has 0 atom stereocenters. The molecule has 19 heavy (non-hydrogen) atoms. The van der Waals surface area contributed by atoms with E-state index in [1.807, 2.05) is 6.07 Å². The Morgan fingerprint density at radius 1 is 1.21 bits per heavy atom. The molecule has 0 fully saturated rings. The second-order valence-corrected chi connectivity index (χ2v) is 5.44. The SMILES string of the molecule is Cc1ccc(CNc2c(Cl)cc(F)cc2Br)cc1F. The molecule has 1 nitrogen and oxygen atoms in total. The zero-order chi connectivity index (χ0) is 14.0. The summed E-state index contributed by atoms with van der Waals surface area (Å²) in [6.07, 6.45) is 0. The lowest BCUT2D eigenvalue weighted by Gasteiger charge is -2.11. The fourth-order valence-corrected chi connectivity index (χ4v) is 2.61. The molecule has 1 N–H and O–H groups in total. The lowest BCUT2D eigenvalue weighted by Crippen LogP contribution is -2.02. The van der Waals surface area contributed by atoms with Crippen molar-refractivity contribution >= 4 is 33.2 Å². The minimum atomic E-state index is -0.413. The van der Waals surface area contributed by atoms with Crippen molar-refractivity contribution in [2.45, 2.75) is 13.5 Å². The monoisotopic (exact) mass is 345 g/mol. The van der Waals surface area contributed by atoms with Crippen LogP contribution >= 0.6 is 27.5 Å². The third-order valence-corrected chi connectivity index (χ3v) is 3.64. The maximum Gasteiger partial charge on any atom is 0.126 e. The van der Waals surface area contributed by atoms with Crippen molar-refractivity contribution < 1.29 is 8.78 Å². The highest BCUT2D eigenvalue weighted by molar-refractivity contribution is 9.10. The number of benzene rings is 2. The van der Waals surface area contributed by atoms with E-state index in [-0.39, 0.29) is 10.8 Å². The van der Waals surface area contributed by atoms with Crippen molar-refractivity contribution in [2.75, 3.05) is 5.32 Å². The molecule has 5 heteroatoms. The maximum absolute atomic E-state index is 13.4. The van der Waals surface area contributed by atoms with Crippen LogP contribution in [-0.2, 0) is 6.54 Å². The Labute approximate surface area is 123 Å². The Morgan fingerprint density at radius 3 is 2.58 bits per heavy atom. The summed E-state index contributed by atoms with van der Waals surface area (Å²) in [7, 11) is 0. The van der Waals surface area contributed by atoms with Crippen LogP contribution in [-0.4, -0.2) is 0 Å². The van der Waals surface area contributed by atoms with Crippen LogP contribution in [0, 0.1) is 18.6 Å². The van der Waals surface area contributed by atoms with Crippen LogP contribution in [0.2, 0.25) is 5.02 Å². The highest BCUT2D eigenvalue weighted by Gasteiger charge is 2.08. The average molecular weight is 347 g/mol. The zero-order valence-electron chi connectivity index (χ0n) is 10.1. The first-order chi connectivity index (χ1) is 8.97. The van der Waals surface area contributed by atoms with Gasteiger partial charge in [0, 0.05) is 11.0 Å². The smallest absolute Gasteiger partial charge is 0.126 e. The summed E-state index contributed by atoms with van der Waals surface area (Å²) in [6, 6.07) is 7.56. The van der Waals surface area contributed by atoms with Crippen LogP contribution in [0.25, 0.3) is 0 Å². The van der Waals surface area contributed by atoms with Gasteiger partial charge in [-0.05, 0) is 52.2 Å². The van der Waals surface area contributed by atoms with Gasteiger partial charge in [0.15, 0.2) is 0 Å². The molecule has 0 aromatic heterocycles. The Balaban J connectivity index is 2.16. The van der Waals surface area contributed by atoms with E-state index in [2.05, 4.69) is 21.2 Å².